The molecule has 0 spiro atoms. The van der Waals surface area contributed by atoms with Gasteiger partial charge in [-0.2, -0.15) is 0 Å². The van der Waals surface area contributed by atoms with E-state index in [1.807, 2.05) is 25.1 Å². The maximum Gasteiger partial charge on any atom is 0.230 e. The van der Waals surface area contributed by atoms with Crippen LogP contribution in [0, 0.1) is 0 Å². The van der Waals surface area contributed by atoms with Crippen molar-refractivity contribution in [2.45, 2.75) is 49.7 Å². The third-order valence-corrected chi connectivity index (χ3v) is 8.24. The van der Waals surface area contributed by atoms with Gasteiger partial charge in [0, 0.05) is 11.4 Å². The van der Waals surface area contributed by atoms with Crippen molar-refractivity contribution < 1.29 is 13.2 Å². The largest absolute Gasteiger partial charge is 0.349 e. The third-order valence-electron chi connectivity index (χ3n) is 5.39. The molecular weight excluding hydrogens is 394 g/mol. The minimum atomic E-state index is -3.05. The van der Waals surface area contributed by atoms with Crippen LogP contribution in [0.3, 0.4) is 0 Å². The van der Waals surface area contributed by atoms with Crippen LogP contribution in [-0.4, -0.2) is 46.7 Å². The Kier molecular flexibility index (Phi) is 5.26. The maximum absolute atomic E-state index is 12.5. The summed E-state index contributed by atoms with van der Waals surface area (Å²) in [5.41, 5.74) is 2.78. The molecule has 8 heteroatoms. The van der Waals surface area contributed by atoms with Crippen molar-refractivity contribution in [3.63, 3.8) is 0 Å². The van der Waals surface area contributed by atoms with Crippen LogP contribution in [0.15, 0.2) is 35.5 Å². The first-order valence-electron chi connectivity index (χ1n) is 9.65. The molecule has 28 heavy (non-hydrogen) atoms. The Morgan fingerprint density at radius 1 is 1.25 bits per heavy atom. The van der Waals surface area contributed by atoms with Crippen LogP contribution in [0.4, 0.5) is 0 Å². The van der Waals surface area contributed by atoms with Crippen molar-refractivity contribution in [3.05, 3.63) is 41.7 Å². The van der Waals surface area contributed by atoms with Gasteiger partial charge in [-0.1, -0.05) is 30.0 Å². The fourth-order valence-electron chi connectivity index (χ4n) is 4.07. The molecular formula is C20H25N3O3S2. The van der Waals surface area contributed by atoms with Gasteiger partial charge in [-0.05, 0) is 51.2 Å². The lowest BCUT2D eigenvalue weighted by molar-refractivity contribution is -0.120. The van der Waals surface area contributed by atoms with Crippen LogP contribution in [-0.2, 0) is 27.5 Å². The molecule has 1 fully saturated rings. The lowest BCUT2D eigenvalue weighted by atomic mass is 10.0. The Morgan fingerprint density at radius 3 is 2.71 bits per heavy atom. The maximum atomic E-state index is 12.5. The summed E-state index contributed by atoms with van der Waals surface area (Å²) in [6.07, 6.45) is 4.75. The average molecular weight is 420 g/mol. The predicted octanol–water partition coefficient (Wildman–Crippen LogP) is 2.54. The Balaban J connectivity index is 1.51. The predicted molar refractivity (Wildman–Crippen MR) is 111 cm³/mol. The minimum Gasteiger partial charge on any atom is -0.349 e. The summed E-state index contributed by atoms with van der Waals surface area (Å²) in [5, 5.41) is 3.76. The number of fused-ring (bicyclic) bond motifs is 1. The van der Waals surface area contributed by atoms with E-state index in [-0.39, 0.29) is 23.2 Å². The molecule has 1 aliphatic carbocycles. The number of amides is 1. The highest BCUT2D eigenvalue weighted by molar-refractivity contribution is 7.99. The lowest BCUT2D eigenvalue weighted by Gasteiger charge is -2.23. The van der Waals surface area contributed by atoms with Crippen LogP contribution in [0.1, 0.15) is 37.6 Å². The Morgan fingerprint density at radius 2 is 2.00 bits per heavy atom. The average Bonchev–Trinajstić information content (AvgIpc) is 3.16. The third kappa shape index (κ3) is 4.12. The molecule has 2 aliphatic rings. The second kappa shape index (κ2) is 7.55. The minimum absolute atomic E-state index is 0.0172. The van der Waals surface area contributed by atoms with E-state index in [2.05, 4.69) is 22.0 Å². The van der Waals surface area contributed by atoms with Crippen LogP contribution in [0.25, 0.3) is 5.69 Å². The number of benzene rings is 1. The van der Waals surface area contributed by atoms with E-state index in [1.54, 1.807) is 0 Å². The van der Waals surface area contributed by atoms with E-state index in [0.29, 0.717) is 6.42 Å². The van der Waals surface area contributed by atoms with E-state index in [1.165, 1.54) is 17.5 Å². The number of aromatic nitrogens is 2. The molecule has 150 valence electrons. The van der Waals surface area contributed by atoms with Crippen molar-refractivity contribution >= 4 is 27.5 Å². The molecule has 0 bridgehead atoms. The van der Waals surface area contributed by atoms with Gasteiger partial charge < -0.3 is 5.32 Å². The van der Waals surface area contributed by atoms with Gasteiger partial charge >= 0.3 is 0 Å². The van der Waals surface area contributed by atoms with Crippen molar-refractivity contribution in [2.24, 2.45) is 0 Å². The Labute approximate surface area is 170 Å². The first-order chi connectivity index (χ1) is 13.4. The fraction of sp³-hybridized carbons (Fsp3) is 0.500. The zero-order chi connectivity index (χ0) is 19.8. The van der Waals surface area contributed by atoms with Gasteiger partial charge in [0.15, 0.2) is 15.0 Å². The molecule has 2 heterocycles. The summed E-state index contributed by atoms with van der Waals surface area (Å²) in [4.78, 5) is 17.3. The van der Waals surface area contributed by atoms with Gasteiger partial charge in [-0.3, -0.25) is 9.36 Å². The standard InChI is InChI=1S/C20H25N3O3S2/c1-20(11-12-28(25,26)14-20)22-18(24)13-27-19-21-16-9-5-6-10-17(16)23(19)15-7-3-2-4-8-15/h2-4,7-8H,5-6,9-14H2,1H3,(H,22,24). The molecule has 2 aromatic rings. The molecule has 1 saturated heterocycles. The number of carbonyl (C=O) groups is 1. The van der Waals surface area contributed by atoms with E-state index < -0.39 is 15.4 Å². The summed E-state index contributed by atoms with van der Waals surface area (Å²) in [5.74, 6) is 0.231. The molecule has 1 aromatic heterocycles. The summed E-state index contributed by atoms with van der Waals surface area (Å²) in [6.45, 7) is 1.81. The first-order valence-corrected chi connectivity index (χ1v) is 12.5. The number of nitrogens with one attached hydrogen (secondary N) is 1. The molecule has 1 amide bonds. The quantitative estimate of drug-likeness (QED) is 0.754. The van der Waals surface area contributed by atoms with E-state index in [0.717, 1.165) is 42.2 Å². The zero-order valence-electron chi connectivity index (χ0n) is 16.0. The topological polar surface area (TPSA) is 81.1 Å². The van der Waals surface area contributed by atoms with Crippen LogP contribution in [0.5, 0.6) is 0 Å². The van der Waals surface area contributed by atoms with Crippen LogP contribution >= 0.6 is 11.8 Å². The van der Waals surface area contributed by atoms with Gasteiger partial charge in [0.05, 0.1) is 28.5 Å². The number of thioether (sulfide) groups is 1. The monoisotopic (exact) mass is 419 g/mol. The second-order valence-electron chi connectivity index (χ2n) is 7.91. The van der Waals surface area contributed by atoms with E-state index >= 15 is 0 Å². The first kappa shape index (κ1) is 19.5. The molecule has 0 saturated carbocycles. The molecule has 1 aliphatic heterocycles. The number of carbonyl (C=O) groups excluding carboxylic acids is 1. The van der Waals surface area contributed by atoms with Crippen molar-refractivity contribution in [3.8, 4) is 5.69 Å². The summed E-state index contributed by atoms with van der Waals surface area (Å²) >= 11 is 1.42. The van der Waals surface area contributed by atoms with Gasteiger partial charge in [-0.25, -0.2) is 13.4 Å². The Bertz CT molecular complexity index is 986. The molecule has 1 unspecified atom stereocenters. The number of sulfone groups is 1. The Hall–Kier alpha value is -1.80. The fourth-order valence-corrected chi connectivity index (χ4v) is 7.01. The zero-order valence-corrected chi connectivity index (χ0v) is 17.6. The van der Waals surface area contributed by atoms with Crippen molar-refractivity contribution in [2.75, 3.05) is 17.3 Å². The molecule has 1 N–H and O–H groups in total. The molecule has 6 nitrogen and oxygen atoms in total. The molecule has 1 atom stereocenters. The smallest absolute Gasteiger partial charge is 0.230 e. The highest BCUT2D eigenvalue weighted by Crippen LogP contribution is 2.31. The number of aryl methyl sites for hydroxylation is 1. The van der Waals surface area contributed by atoms with Gasteiger partial charge in [0.2, 0.25) is 5.91 Å². The highest BCUT2D eigenvalue weighted by Gasteiger charge is 2.39. The second-order valence-corrected chi connectivity index (χ2v) is 11.0. The van der Waals surface area contributed by atoms with Gasteiger partial charge in [0.25, 0.3) is 0 Å². The van der Waals surface area contributed by atoms with Crippen molar-refractivity contribution in [1.82, 2.24) is 14.9 Å². The molecule has 1 aromatic carbocycles. The summed E-state index contributed by atoms with van der Waals surface area (Å²) < 4.78 is 25.7. The van der Waals surface area contributed by atoms with Gasteiger partial charge in [0.1, 0.15) is 0 Å². The van der Waals surface area contributed by atoms with Crippen molar-refractivity contribution in [1.29, 1.82) is 0 Å². The SMILES string of the molecule is CC1(NC(=O)CSc2nc3c(n2-c2ccccc2)CCCC3)CCS(=O)(=O)C1. The number of hydrogen-bond acceptors (Lipinski definition) is 5. The number of hydrogen-bond donors (Lipinski definition) is 1. The summed E-state index contributed by atoms with van der Waals surface area (Å²) in [7, 11) is -3.05. The van der Waals surface area contributed by atoms with E-state index in [4.69, 9.17) is 4.98 Å². The lowest BCUT2D eigenvalue weighted by Crippen LogP contribution is -2.47. The molecule has 0 radical (unpaired) electrons. The number of imidazole rings is 1. The highest BCUT2D eigenvalue weighted by atomic mass is 32.2. The van der Waals surface area contributed by atoms with Crippen LogP contribution < -0.4 is 5.32 Å². The summed E-state index contributed by atoms with van der Waals surface area (Å²) in [6, 6.07) is 10.1. The molecule has 4 rings (SSSR count). The van der Waals surface area contributed by atoms with Gasteiger partial charge in [-0.15, -0.1) is 0 Å². The number of para-hydroxylation sites is 1. The normalized spacial score (nSPS) is 23.3. The van der Waals surface area contributed by atoms with Crippen LogP contribution in [0.2, 0.25) is 0 Å². The number of rotatable bonds is 5. The number of nitrogens with zero attached hydrogens (tertiary/aromatic N) is 2. The van der Waals surface area contributed by atoms with E-state index in [9.17, 15) is 13.2 Å².